The minimum absolute atomic E-state index is 0.0340. The number of non-ortho nitro benzene ring substituents is 2. The first-order chi connectivity index (χ1) is 19.0. The summed E-state index contributed by atoms with van der Waals surface area (Å²) in [6, 6.07) is 13.6. The van der Waals surface area contributed by atoms with E-state index in [-0.39, 0.29) is 27.6 Å². The van der Waals surface area contributed by atoms with E-state index in [2.05, 4.69) is 6.92 Å². The molecule has 0 spiro atoms. The molecule has 0 atom stereocenters. The molecule has 4 rings (SSSR count). The molecule has 0 radical (unpaired) electrons. The van der Waals surface area contributed by atoms with Crippen LogP contribution in [0.25, 0.3) is 10.9 Å². The number of rotatable bonds is 11. The van der Waals surface area contributed by atoms with Crippen LogP contribution in [0.5, 0.6) is 5.75 Å². The third-order valence-corrected chi connectivity index (χ3v) is 7.75. The molecule has 40 heavy (non-hydrogen) atoms. The second kappa shape index (κ2) is 11.5. The molecule has 0 aliphatic rings. The smallest absolute Gasteiger partial charge is 0.270 e. The number of methoxy groups -OCH3 is 1. The summed E-state index contributed by atoms with van der Waals surface area (Å²) in [5, 5.41) is 23.0. The minimum atomic E-state index is -4.34. The first kappa shape index (κ1) is 28.2. The number of benzene rings is 3. The molecule has 0 saturated heterocycles. The Hall–Kier alpha value is -4.78. The fourth-order valence-corrected chi connectivity index (χ4v) is 5.34. The average Bonchev–Trinajstić information content (AvgIpc) is 3.27. The van der Waals surface area contributed by atoms with E-state index in [1.807, 2.05) is 15.5 Å². The van der Waals surface area contributed by atoms with E-state index in [0.29, 0.717) is 17.4 Å². The maximum atomic E-state index is 13.1. The summed E-state index contributed by atoms with van der Waals surface area (Å²) in [5.74, 6) is -0.806. The number of aromatic nitrogens is 1. The molecule has 1 heterocycles. The number of nitro benzene ring substituents is 2. The molecule has 0 aliphatic heterocycles. The van der Waals surface area contributed by atoms with Crippen molar-refractivity contribution in [1.29, 1.82) is 0 Å². The average molecular weight is 567 g/mol. The third kappa shape index (κ3) is 5.94. The van der Waals surface area contributed by atoms with Crippen molar-refractivity contribution in [3.05, 3.63) is 104 Å². The van der Waals surface area contributed by atoms with Crippen LogP contribution in [0.1, 0.15) is 41.3 Å². The molecule has 0 unspecified atom stereocenters. The summed E-state index contributed by atoms with van der Waals surface area (Å²) in [7, 11) is -2.99. The zero-order valence-corrected chi connectivity index (χ0v) is 22.5. The van der Waals surface area contributed by atoms with E-state index < -0.39 is 25.8 Å². The van der Waals surface area contributed by atoms with Gasteiger partial charge in [0.2, 0.25) is 0 Å². The second-order valence-corrected chi connectivity index (χ2v) is 10.7. The van der Waals surface area contributed by atoms with Crippen LogP contribution in [0.3, 0.4) is 0 Å². The van der Waals surface area contributed by atoms with Crippen LogP contribution in [0, 0.1) is 20.2 Å². The van der Waals surface area contributed by atoms with Crippen molar-refractivity contribution in [1.82, 2.24) is 9.29 Å². The standard InChI is InChI=1S/C27H26N4O8S/c1-3-4-13-29-17-19(23-16-21(31(35)36)8-11-25(23)29)14-18-5-12-26(39-2)24(15-18)27(32)28-40(37,38)22-9-6-20(7-10-22)30(33)34/h5-12,15-17H,3-4,13-14H2,1-2H3,(H,28,32). The number of nitrogens with one attached hydrogen (secondary N) is 1. The predicted octanol–water partition coefficient (Wildman–Crippen LogP) is 4.98. The van der Waals surface area contributed by atoms with Gasteiger partial charge in [0.15, 0.2) is 0 Å². The molecule has 1 aromatic heterocycles. The maximum Gasteiger partial charge on any atom is 0.270 e. The SMILES string of the molecule is CCCCn1cc(Cc2ccc(OC)c(C(=O)NS(=O)(=O)c3ccc([N+](=O)[O-])cc3)c2)c2cc([N+](=O)[O-])ccc21. The molecule has 13 heteroatoms. The fourth-order valence-electron chi connectivity index (χ4n) is 4.37. The summed E-state index contributed by atoms with van der Waals surface area (Å²) < 4.78 is 34.9. The van der Waals surface area contributed by atoms with E-state index in [1.165, 1.54) is 25.3 Å². The van der Waals surface area contributed by atoms with Crippen LogP contribution < -0.4 is 9.46 Å². The molecule has 1 amide bonds. The maximum absolute atomic E-state index is 13.1. The van der Waals surface area contributed by atoms with Gasteiger partial charge < -0.3 is 9.30 Å². The number of hydrogen-bond donors (Lipinski definition) is 1. The monoisotopic (exact) mass is 566 g/mol. The van der Waals surface area contributed by atoms with Gasteiger partial charge in [0.1, 0.15) is 5.75 Å². The van der Waals surface area contributed by atoms with E-state index in [1.54, 1.807) is 18.2 Å². The molecule has 0 bridgehead atoms. The number of fused-ring (bicyclic) bond motifs is 1. The highest BCUT2D eigenvalue weighted by Gasteiger charge is 2.23. The Bertz CT molecular complexity index is 1710. The van der Waals surface area contributed by atoms with Crippen LogP contribution in [-0.4, -0.2) is 35.8 Å². The minimum Gasteiger partial charge on any atom is -0.496 e. The van der Waals surface area contributed by atoms with E-state index in [0.717, 1.165) is 54.7 Å². The highest BCUT2D eigenvalue weighted by atomic mass is 32.2. The number of carbonyl (C=O) groups is 1. The Morgan fingerprint density at radius 2 is 1.65 bits per heavy atom. The quantitative estimate of drug-likeness (QED) is 0.196. The van der Waals surface area contributed by atoms with Crippen molar-refractivity contribution in [3.8, 4) is 5.75 Å². The normalized spacial score (nSPS) is 11.3. The summed E-state index contributed by atoms with van der Waals surface area (Å²) in [6.07, 6.45) is 4.15. The molecular weight excluding hydrogens is 540 g/mol. The van der Waals surface area contributed by atoms with Crippen LogP contribution in [0.2, 0.25) is 0 Å². The Morgan fingerprint density at radius 1 is 0.975 bits per heavy atom. The van der Waals surface area contributed by atoms with Crippen LogP contribution >= 0.6 is 0 Å². The number of carbonyl (C=O) groups excluding carboxylic acids is 1. The molecule has 3 aromatic carbocycles. The lowest BCUT2D eigenvalue weighted by Crippen LogP contribution is -2.31. The number of nitrogens with zero attached hydrogens (tertiary/aromatic N) is 3. The van der Waals surface area contributed by atoms with Gasteiger partial charge in [-0.3, -0.25) is 25.0 Å². The van der Waals surface area contributed by atoms with Gasteiger partial charge in [-0.1, -0.05) is 19.4 Å². The number of amides is 1. The molecule has 0 aliphatic carbocycles. The zero-order chi connectivity index (χ0) is 29.0. The van der Waals surface area contributed by atoms with E-state index in [9.17, 15) is 33.4 Å². The van der Waals surface area contributed by atoms with Crippen molar-refractivity contribution in [3.63, 3.8) is 0 Å². The van der Waals surface area contributed by atoms with Crippen molar-refractivity contribution < 1.29 is 27.8 Å². The van der Waals surface area contributed by atoms with Crippen molar-refractivity contribution in [2.24, 2.45) is 0 Å². The number of sulfonamides is 1. The lowest BCUT2D eigenvalue weighted by Gasteiger charge is -2.12. The Labute approximate surface area is 229 Å². The Kier molecular flexibility index (Phi) is 8.14. The Morgan fingerprint density at radius 3 is 2.27 bits per heavy atom. The second-order valence-electron chi connectivity index (χ2n) is 9.06. The third-order valence-electron chi connectivity index (χ3n) is 6.40. The van der Waals surface area contributed by atoms with Crippen molar-refractivity contribution in [2.45, 2.75) is 37.6 Å². The van der Waals surface area contributed by atoms with Crippen LogP contribution in [-0.2, 0) is 23.0 Å². The number of unbranched alkanes of at least 4 members (excludes halogenated alkanes) is 1. The Balaban J connectivity index is 1.66. The van der Waals surface area contributed by atoms with Crippen LogP contribution in [0.15, 0.2) is 71.8 Å². The lowest BCUT2D eigenvalue weighted by molar-refractivity contribution is -0.385. The molecule has 1 N–H and O–H groups in total. The number of hydrogen-bond acceptors (Lipinski definition) is 8. The summed E-state index contributed by atoms with van der Waals surface area (Å²) >= 11 is 0. The highest BCUT2D eigenvalue weighted by Crippen LogP contribution is 2.30. The fraction of sp³-hybridized carbons (Fsp3) is 0.222. The largest absolute Gasteiger partial charge is 0.496 e. The van der Waals surface area contributed by atoms with Gasteiger partial charge in [0.05, 0.1) is 27.4 Å². The molecular formula is C27H26N4O8S. The van der Waals surface area contributed by atoms with Gasteiger partial charge >= 0.3 is 0 Å². The van der Waals surface area contributed by atoms with Crippen molar-refractivity contribution in [2.75, 3.05) is 7.11 Å². The van der Waals surface area contributed by atoms with Crippen LogP contribution in [0.4, 0.5) is 11.4 Å². The number of nitro groups is 2. The lowest BCUT2D eigenvalue weighted by atomic mass is 10.0. The number of aryl methyl sites for hydroxylation is 1. The van der Waals surface area contributed by atoms with Crippen molar-refractivity contribution >= 4 is 38.2 Å². The number of ether oxygens (including phenoxy) is 1. The summed E-state index contributed by atoms with van der Waals surface area (Å²) in [4.78, 5) is 33.9. The highest BCUT2D eigenvalue weighted by molar-refractivity contribution is 7.90. The van der Waals surface area contributed by atoms with Gasteiger partial charge in [-0.2, -0.15) is 0 Å². The molecule has 0 saturated carbocycles. The molecule has 4 aromatic rings. The molecule has 12 nitrogen and oxygen atoms in total. The summed E-state index contributed by atoms with van der Waals surface area (Å²) in [5.41, 5.74) is 1.96. The van der Waals surface area contributed by atoms with E-state index >= 15 is 0 Å². The van der Waals surface area contributed by atoms with Gasteiger partial charge in [-0.25, -0.2) is 13.1 Å². The van der Waals surface area contributed by atoms with Gasteiger partial charge in [-0.05, 0) is 54.3 Å². The molecule has 208 valence electrons. The van der Waals surface area contributed by atoms with Gasteiger partial charge in [-0.15, -0.1) is 0 Å². The predicted molar refractivity (Wildman–Crippen MR) is 147 cm³/mol. The molecule has 0 fully saturated rings. The first-order valence-electron chi connectivity index (χ1n) is 12.3. The topological polar surface area (TPSA) is 164 Å². The van der Waals surface area contributed by atoms with Gasteiger partial charge in [0.25, 0.3) is 27.3 Å². The summed E-state index contributed by atoms with van der Waals surface area (Å²) in [6.45, 7) is 2.81. The zero-order valence-electron chi connectivity index (χ0n) is 21.7. The van der Waals surface area contributed by atoms with E-state index in [4.69, 9.17) is 4.74 Å². The van der Waals surface area contributed by atoms with Gasteiger partial charge in [0, 0.05) is 47.9 Å². The first-order valence-corrected chi connectivity index (χ1v) is 13.8.